The van der Waals surface area contributed by atoms with Gasteiger partial charge >= 0.3 is 0 Å². The van der Waals surface area contributed by atoms with Crippen molar-refractivity contribution in [3.05, 3.63) is 35.6 Å². The predicted octanol–water partition coefficient (Wildman–Crippen LogP) is 4.80. The van der Waals surface area contributed by atoms with E-state index in [9.17, 15) is 4.39 Å². The Bertz CT molecular complexity index is 417. The molecule has 18 heavy (non-hydrogen) atoms. The van der Waals surface area contributed by atoms with Crippen LogP contribution in [0.5, 0.6) is 0 Å². The Balaban J connectivity index is 1.56. The lowest BCUT2D eigenvalue weighted by atomic mass is 9.84. The standard InChI is InChI=1S/C16H20ClF/c17-15(9-13-3-1-2-4-16(13)18)10-14-8-11-5-6-12(14)7-11/h1-4,11-12,14-15H,5-10H2. The van der Waals surface area contributed by atoms with Gasteiger partial charge in [0, 0.05) is 5.38 Å². The summed E-state index contributed by atoms with van der Waals surface area (Å²) in [6.45, 7) is 0. The first-order valence-corrected chi connectivity index (χ1v) is 7.53. The molecule has 3 rings (SSSR count). The van der Waals surface area contributed by atoms with Crippen LogP contribution in [0.4, 0.5) is 4.39 Å². The van der Waals surface area contributed by atoms with Crippen LogP contribution in [0.15, 0.2) is 24.3 Å². The first-order chi connectivity index (χ1) is 8.72. The maximum Gasteiger partial charge on any atom is 0.126 e. The van der Waals surface area contributed by atoms with Gasteiger partial charge in [0.1, 0.15) is 5.82 Å². The highest BCUT2D eigenvalue weighted by molar-refractivity contribution is 6.20. The second-order valence-corrected chi connectivity index (χ2v) is 6.68. The third-order valence-corrected chi connectivity index (χ3v) is 5.17. The number of fused-ring (bicyclic) bond motifs is 2. The normalized spacial score (nSPS) is 31.8. The van der Waals surface area contributed by atoms with E-state index in [-0.39, 0.29) is 11.2 Å². The van der Waals surface area contributed by atoms with Gasteiger partial charge in [-0.2, -0.15) is 0 Å². The zero-order valence-corrected chi connectivity index (χ0v) is 11.4. The minimum atomic E-state index is -0.115. The van der Waals surface area contributed by atoms with Crippen LogP contribution in [-0.2, 0) is 6.42 Å². The van der Waals surface area contributed by atoms with Crippen molar-refractivity contribution in [3.8, 4) is 0 Å². The number of hydrogen-bond acceptors (Lipinski definition) is 0. The Morgan fingerprint density at radius 1 is 1.22 bits per heavy atom. The van der Waals surface area contributed by atoms with Crippen LogP contribution in [0.25, 0.3) is 0 Å². The molecule has 0 amide bonds. The van der Waals surface area contributed by atoms with Crippen molar-refractivity contribution in [1.82, 2.24) is 0 Å². The van der Waals surface area contributed by atoms with Crippen LogP contribution in [0, 0.1) is 23.6 Å². The maximum absolute atomic E-state index is 13.6. The fourth-order valence-corrected chi connectivity index (χ4v) is 4.37. The van der Waals surface area contributed by atoms with Gasteiger partial charge in [0.05, 0.1) is 0 Å². The molecule has 0 spiro atoms. The first kappa shape index (κ1) is 12.5. The van der Waals surface area contributed by atoms with Crippen molar-refractivity contribution in [2.24, 2.45) is 17.8 Å². The highest BCUT2D eigenvalue weighted by Gasteiger charge is 2.39. The van der Waals surface area contributed by atoms with Crippen molar-refractivity contribution < 1.29 is 4.39 Å². The predicted molar refractivity (Wildman–Crippen MR) is 73.3 cm³/mol. The van der Waals surface area contributed by atoms with Gasteiger partial charge in [0.15, 0.2) is 0 Å². The summed E-state index contributed by atoms with van der Waals surface area (Å²) in [4.78, 5) is 0. The van der Waals surface area contributed by atoms with E-state index in [1.54, 1.807) is 6.07 Å². The third kappa shape index (κ3) is 2.56. The van der Waals surface area contributed by atoms with Crippen LogP contribution in [0.1, 0.15) is 37.7 Å². The minimum absolute atomic E-state index is 0.0891. The number of halogens is 2. The molecule has 2 aliphatic carbocycles. The maximum atomic E-state index is 13.6. The smallest absolute Gasteiger partial charge is 0.126 e. The molecular formula is C16H20ClF. The van der Waals surface area contributed by atoms with Gasteiger partial charge in [0.2, 0.25) is 0 Å². The number of alkyl halides is 1. The van der Waals surface area contributed by atoms with Crippen LogP contribution in [-0.4, -0.2) is 5.38 Å². The molecule has 0 aromatic heterocycles. The lowest BCUT2D eigenvalue weighted by Gasteiger charge is -2.23. The zero-order valence-electron chi connectivity index (χ0n) is 10.6. The molecule has 0 nitrogen and oxygen atoms in total. The molecule has 0 saturated heterocycles. The number of hydrogen-bond donors (Lipinski definition) is 0. The van der Waals surface area contributed by atoms with Crippen LogP contribution < -0.4 is 0 Å². The Hall–Kier alpha value is -0.560. The van der Waals surface area contributed by atoms with Gasteiger partial charge in [-0.25, -0.2) is 4.39 Å². The fraction of sp³-hybridized carbons (Fsp3) is 0.625. The largest absolute Gasteiger partial charge is 0.207 e. The Morgan fingerprint density at radius 2 is 2.06 bits per heavy atom. The van der Waals surface area contributed by atoms with Crippen molar-refractivity contribution in [1.29, 1.82) is 0 Å². The number of rotatable bonds is 4. The average Bonchev–Trinajstić information content (AvgIpc) is 2.94. The van der Waals surface area contributed by atoms with Gasteiger partial charge in [0.25, 0.3) is 0 Å². The van der Waals surface area contributed by atoms with Gasteiger partial charge < -0.3 is 0 Å². The molecule has 4 atom stereocenters. The molecule has 0 aliphatic heterocycles. The van der Waals surface area contributed by atoms with E-state index >= 15 is 0 Å². The molecule has 4 unspecified atom stereocenters. The van der Waals surface area contributed by atoms with Crippen molar-refractivity contribution in [2.45, 2.75) is 43.9 Å². The van der Waals surface area contributed by atoms with E-state index in [4.69, 9.17) is 11.6 Å². The van der Waals surface area contributed by atoms with Crippen molar-refractivity contribution >= 4 is 11.6 Å². The van der Waals surface area contributed by atoms with Gasteiger partial charge in [-0.1, -0.05) is 24.6 Å². The molecule has 1 aromatic carbocycles. The van der Waals surface area contributed by atoms with E-state index < -0.39 is 0 Å². The first-order valence-electron chi connectivity index (χ1n) is 7.10. The summed E-state index contributed by atoms with van der Waals surface area (Å²) < 4.78 is 13.6. The highest BCUT2D eigenvalue weighted by Crippen LogP contribution is 2.50. The highest BCUT2D eigenvalue weighted by atomic mass is 35.5. The van der Waals surface area contributed by atoms with E-state index in [2.05, 4.69) is 0 Å². The van der Waals surface area contributed by atoms with Crippen LogP contribution in [0.3, 0.4) is 0 Å². The molecule has 0 heterocycles. The molecule has 2 bridgehead atoms. The van der Waals surface area contributed by atoms with E-state index in [1.165, 1.54) is 31.7 Å². The average molecular weight is 267 g/mol. The minimum Gasteiger partial charge on any atom is -0.207 e. The molecular weight excluding hydrogens is 247 g/mol. The van der Waals surface area contributed by atoms with Crippen molar-refractivity contribution in [2.75, 3.05) is 0 Å². The van der Waals surface area contributed by atoms with Crippen molar-refractivity contribution in [3.63, 3.8) is 0 Å². The summed E-state index contributed by atoms with van der Waals surface area (Å²) in [5.41, 5.74) is 0.764. The zero-order chi connectivity index (χ0) is 12.5. The van der Waals surface area contributed by atoms with Gasteiger partial charge in [-0.15, -0.1) is 11.6 Å². The monoisotopic (exact) mass is 266 g/mol. The Kier molecular flexibility index (Phi) is 3.61. The van der Waals surface area contributed by atoms with E-state index in [0.29, 0.717) is 6.42 Å². The number of benzene rings is 1. The van der Waals surface area contributed by atoms with Crippen LogP contribution in [0.2, 0.25) is 0 Å². The molecule has 2 heteroatoms. The molecule has 0 radical (unpaired) electrons. The quantitative estimate of drug-likeness (QED) is 0.687. The van der Waals surface area contributed by atoms with E-state index in [1.807, 2.05) is 12.1 Å². The van der Waals surface area contributed by atoms with Gasteiger partial charge in [-0.3, -0.25) is 0 Å². The molecule has 1 aromatic rings. The summed E-state index contributed by atoms with van der Waals surface area (Å²) in [6.07, 6.45) is 7.36. The Morgan fingerprint density at radius 3 is 2.72 bits per heavy atom. The second kappa shape index (κ2) is 5.21. The third-order valence-electron chi connectivity index (χ3n) is 4.84. The summed E-state index contributed by atoms with van der Waals surface area (Å²) >= 11 is 6.44. The summed E-state index contributed by atoms with van der Waals surface area (Å²) in [5, 5.41) is 0.0891. The second-order valence-electron chi connectivity index (χ2n) is 6.06. The van der Waals surface area contributed by atoms with Crippen LogP contribution >= 0.6 is 11.6 Å². The Labute approximate surface area is 114 Å². The molecule has 2 saturated carbocycles. The summed E-state index contributed by atoms with van der Waals surface area (Å²) in [7, 11) is 0. The topological polar surface area (TPSA) is 0 Å². The summed E-state index contributed by atoms with van der Waals surface area (Å²) in [6, 6.07) is 7.00. The lowest BCUT2D eigenvalue weighted by Crippen LogP contribution is -2.17. The SMILES string of the molecule is Fc1ccccc1CC(Cl)CC1CC2CCC1C2. The molecule has 2 aliphatic rings. The summed E-state index contributed by atoms with van der Waals surface area (Å²) in [5.74, 6) is 2.57. The molecule has 2 fully saturated rings. The van der Waals surface area contributed by atoms with Gasteiger partial charge in [-0.05, 0) is 61.5 Å². The molecule has 0 N–H and O–H groups in total. The molecule has 98 valence electrons. The fourth-order valence-electron chi connectivity index (χ4n) is 3.98. The van der Waals surface area contributed by atoms with E-state index in [0.717, 1.165) is 29.7 Å². The lowest BCUT2D eigenvalue weighted by molar-refractivity contribution is 0.310.